The zero-order valence-electron chi connectivity index (χ0n) is 9.95. The quantitative estimate of drug-likeness (QED) is 0.657. The van der Waals surface area contributed by atoms with Gasteiger partial charge in [-0.25, -0.2) is 0 Å². The summed E-state index contributed by atoms with van der Waals surface area (Å²) in [6, 6.07) is 6.31. The van der Waals surface area contributed by atoms with Crippen LogP contribution < -0.4 is 10.5 Å². The largest absolute Gasteiger partial charge is 0.490 e. The summed E-state index contributed by atoms with van der Waals surface area (Å²) in [5.41, 5.74) is 6.67. The third-order valence-electron chi connectivity index (χ3n) is 2.59. The Morgan fingerprint density at radius 3 is 2.72 bits per heavy atom. The Balaban J connectivity index is 2.64. The molecule has 0 radical (unpaired) electrons. The lowest BCUT2D eigenvalue weighted by atomic mass is 10.1. The molecular weight excluding hydrogens is 236 g/mol. The number of hydrogen-bond donors (Lipinski definition) is 1. The first kappa shape index (κ1) is 11.9. The Hall–Kier alpha value is -2.57. The zero-order chi connectivity index (χ0) is 13.3. The van der Waals surface area contributed by atoms with Gasteiger partial charge in [0, 0.05) is 19.2 Å². The molecule has 1 aromatic carbocycles. The van der Waals surface area contributed by atoms with Gasteiger partial charge < -0.3 is 10.5 Å². The smallest absolute Gasteiger partial charge is 0.311 e. The number of nitrogens with zero attached hydrogens (tertiary/aromatic N) is 3. The molecular formula is C11H12N4O3. The summed E-state index contributed by atoms with van der Waals surface area (Å²) >= 11 is 0. The molecule has 0 aliphatic carbocycles. The van der Waals surface area contributed by atoms with E-state index >= 15 is 0 Å². The number of aryl methyl sites for hydroxylation is 1. The molecule has 2 aromatic rings. The third kappa shape index (κ3) is 1.86. The van der Waals surface area contributed by atoms with Crippen molar-refractivity contribution in [2.45, 2.75) is 0 Å². The number of nitro benzene ring substituents is 1. The number of nitro groups is 1. The van der Waals surface area contributed by atoms with Crippen molar-refractivity contribution in [3.63, 3.8) is 0 Å². The summed E-state index contributed by atoms with van der Waals surface area (Å²) in [4.78, 5) is 10.4. The number of hydrogen-bond acceptors (Lipinski definition) is 5. The van der Waals surface area contributed by atoms with Crippen LogP contribution in [-0.2, 0) is 7.05 Å². The molecule has 0 spiro atoms. The van der Waals surface area contributed by atoms with E-state index in [2.05, 4.69) is 5.10 Å². The molecule has 0 amide bonds. The van der Waals surface area contributed by atoms with Gasteiger partial charge in [0.05, 0.1) is 23.3 Å². The van der Waals surface area contributed by atoms with E-state index in [0.29, 0.717) is 17.1 Å². The Kier molecular flexibility index (Phi) is 2.88. The standard InChI is InChI=1S/C11H12N4O3/c1-14-10(12)6-8(13-14)7-4-3-5-9(15(16)17)11(7)18-2/h3-6H,12H2,1-2H3. The molecule has 0 fully saturated rings. The fourth-order valence-corrected chi connectivity index (χ4v) is 1.70. The number of ether oxygens (including phenoxy) is 1. The first-order valence-corrected chi connectivity index (χ1v) is 5.16. The average Bonchev–Trinajstić information content (AvgIpc) is 2.68. The fraction of sp³-hybridized carbons (Fsp3) is 0.182. The average molecular weight is 248 g/mol. The molecule has 0 aliphatic heterocycles. The maximum absolute atomic E-state index is 10.9. The minimum atomic E-state index is -0.491. The summed E-state index contributed by atoms with van der Waals surface area (Å²) in [7, 11) is 3.08. The zero-order valence-corrected chi connectivity index (χ0v) is 9.95. The number of benzene rings is 1. The number of nitrogen functional groups attached to an aromatic ring is 1. The highest BCUT2D eigenvalue weighted by atomic mass is 16.6. The lowest BCUT2D eigenvalue weighted by Gasteiger charge is -2.06. The van der Waals surface area contributed by atoms with Crippen LogP contribution in [0.3, 0.4) is 0 Å². The van der Waals surface area contributed by atoms with Gasteiger partial charge in [-0.05, 0) is 6.07 Å². The van der Waals surface area contributed by atoms with E-state index in [-0.39, 0.29) is 11.4 Å². The second kappa shape index (κ2) is 4.36. The predicted octanol–water partition coefficient (Wildman–Crippen LogP) is 1.59. The summed E-state index contributed by atoms with van der Waals surface area (Å²) in [6.07, 6.45) is 0. The van der Waals surface area contributed by atoms with Crippen LogP contribution in [0, 0.1) is 10.1 Å². The van der Waals surface area contributed by atoms with Crippen LogP contribution in [0.1, 0.15) is 0 Å². The monoisotopic (exact) mass is 248 g/mol. The SMILES string of the molecule is COc1c(-c2cc(N)n(C)n2)cccc1[N+](=O)[O-]. The van der Waals surface area contributed by atoms with Crippen LogP contribution >= 0.6 is 0 Å². The molecule has 2 rings (SSSR count). The van der Waals surface area contributed by atoms with Crippen molar-refractivity contribution < 1.29 is 9.66 Å². The van der Waals surface area contributed by atoms with Gasteiger partial charge in [-0.2, -0.15) is 5.10 Å². The van der Waals surface area contributed by atoms with Crippen molar-refractivity contribution in [2.75, 3.05) is 12.8 Å². The number of aromatic nitrogens is 2. The van der Waals surface area contributed by atoms with Crippen molar-refractivity contribution >= 4 is 11.5 Å². The highest BCUT2D eigenvalue weighted by Gasteiger charge is 2.20. The first-order valence-electron chi connectivity index (χ1n) is 5.16. The summed E-state index contributed by atoms with van der Waals surface area (Å²) in [5, 5.41) is 15.1. The van der Waals surface area contributed by atoms with Crippen LogP contribution in [0.4, 0.5) is 11.5 Å². The molecule has 94 valence electrons. The van der Waals surface area contributed by atoms with Crippen LogP contribution in [0.25, 0.3) is 11.3 Å². The highest BCUT2D eigenvalue weighted by molar-refractivity contribution is 5.74. The Morgan fingerprint density at radius 2 is 2.22 bits per heavy atom. The van der Waals surface area contributed by atoms with Gasteiger partial charge in [0.2, 0.25) is 5.75 Å². The Morgan fingerprint density at radius 1 is 1.50 bits per heavy atom. The van der Waals surface area contributed by atoms with Gasteiger partial charge in [0.15, 0.2) is 0 Å². The summed E-state index contributed by atoms with van der Waals surface area (Å²) in [6.45, 7) is 0. The maximum atomic E-state index is 10.9. The predicted molar refractivity (Wildman–Crippen MR) is 66.3 cm³/mol. The van der Waals surface area contributed by atoms with E-state index in [1.54, 1.807) is 25.2 Å². The second-order valence-electron chi connectivity index (χ2n) is 3.69. The molecule has 1 heterocycles. The minimum Gasteiger partial charge on any atom is -0.490 e. The minimum absolute atomic E-state index is 0.0979. The van der Waals surface area contributed by atoms with E-state index in [0.717, 1.165) is 0 Å². The number of rotatable bonds is 3. The van der Waals surface area contributed by atoms with Gasteiger partial charge in [0.1, 0.15) is 5.82 Å². The van der Waals surface area contributed by atoms with E-state index in [1.807, 2.05) is 0 Å². The number of nitrogens with two attached hydrogens (primary N) is 1. The van der Waals surface area contributed by atoms with E-state index < -0.39 is 4.92 Å². The normalized spacial score (nSPS) is 10.3. The fourth-order valence-electron chi connectivity index (χ4n) is 1.70. The van der Waals surface area contributed by atoms with Crippen molar-refractivity contribution in [1.82, 2.24) is 9.78 Å². The topological polar surface area (TPSA) is 96.2 Å². The molecule has 0 unspecified atom stereocenters. The Bertz CT molecular complexity index is 587. The molecule has 0 saturated heterocycles. The molecule has 2 N–H and O–H groups in total. The van der Waals surface area contributed by atoms with Crippen LogP contribution in [0.2, 0.25) is 0 Å². The lowest BCUT2D eigenvalue weighted by Crippen LogP contribution is -1.97. The molecule has 18 heavy (non-hydrogen) atoms. The molecule has 7 nitrogen and oxygen atoms in total. The molecule has 0 saturated carbocycles. The lowest BCUT2D eigenvalue weighted by molar-refractivity contribution is -0.385. The van der Waals surface area contributed by atoms with Crippen molar-refractivity contribution in [1.29, 1.82) is 0 Å². The van der Waals surface area contributed by atoms with Crippen molar-refractivity contribution in [3.05, 3.63) is 34.4 Å². The number of anilines is 1. The third-order valence-corrected chi connectivity index (χ3v) is 2.59. The number of methoxy groups -OCH3 is 1. The van der Waals surface area contributed by atoms with Gasteiger partial charge in [0.25, 0.3) is 0 Å². The Labute approximate surface area is 103 Å². The summed E-state index contributed by atoms with van der Waals surface area (Å²) < 4.78 is 6.60. The van der Waals surface area contributed by atoms with Gasteiger partial charge in [-0.1, -0.05) is 6.07 Å². The first-order chi connectivity index (χ1) is 8.54. The molecule has 0 aliphatic rings. The van der Waals surface area contributed by atoms with Crippen molar-refractivity contribution in [2.24, 2.45) is 7.05 Å². The van der Waals surface area contributed by atoms with Crippen LogP contribution in [0.15, 0.2) is 24.3 Å². The van der Waals surface area contributed by atoms with Gasteiger partial charge in [-0.3, -0.25) is 14.8 Å². The van der Waals surface area contributed by atoms with Gasteiger partial charge in [-0.15, -0.1) is 0 Å². The molecule has 1 aromatic heterocycles. The molecule has 7 heteroatoms. The molecule has 0 bridgehead atoms. The van der Waals surface area contributed by atoms with E-state index in [1.165, 1.54) is 17.9 Å². The van der Waals surface area contributed by atoms with E-state index in [4.69, 9.17) is 10.5 Å². The van der Waals surface area contributed by atoms with Crippen molar-refractivity contribution in [3.8, 4) is 17.0 Å². The molecule has 0 atom stereocenters. The highest BCUT2D eigenvalue weighted by Crippen LogP contribution is 2.37. The number of para-hydroxylation sites is 1. The maximum Gasteiger partial charge on any atom is 0.311 e. The van der Waals surface area contributed by atoms with Gasteiger partial charge >= 0.3 is 5.69 Å². The van der Waals surface area contributed by atoms with Crippen LogP contribution in [-0.4, -0.2) is 21.8 Å². The van der Waals surface area contributed by atoms with E-state index in [9.17, 15) is 10.1 Å². The van der Waals surface area contributed by atoms with Crippen LogP contribution in [0.5, 0.6) is 5.75 Å². The second-order valence-corrected chi connectivity index (χ2v) is 3.69. The summed E-state index contributed by atoms with van der Waals surface area (Å²) in [5.74, 6) is 0.652.